The predicted molar refractivity (Wildman–Crippen MR) is 114 cm³/mol. The zero-order valence-electron chi connectivity index (χ0n) is 16.4. The van der Waals surface area contributed by atoms with Crippen LogP contribution in [-0.2, 0) is 14.8 Å². The van der Waals surface area contributed by atoms with Gasteiger partial charge in [-0.25, -0.2) is 8.42 Å². The van der Waals surface area contributed by atoms with Crippen LogP contribution in [0.4, 0.5) is 5.69 Å². The largest absolute Gasteiger partial charge is 0.484 e. The van der Waals surface area contributed by atoms with E-state index in [1.165, 1.54) is 36.3 Å². The third kappa shape index (κ3) is 5.42. The van der Waals surface area contributed by atoms with Gasteiger partial charge in [0.15, 0.2) is 6.61 Å². The van der Waals surface area contributed by atoms with Crippen LogP contribution in [0.2, 0.25) is 5.02 Å². The average Bonchev–Trinajstić information content (AvgIpc) is 3.02. The molecule has 2 aromatic rings. The number of amides is 1. The van der Waals surface area contributed by atoms with Crippen LogP contribution in [0.25, 0.3) is 0 Å². The van der Waals surface area contributed by atoms with Crippen molar-refractivity contribution in [2.24, 2.45) is 0 Å². The first-order chi connectivity index (χ1) is 13.9. The molecule has 1 fully saturated rings. The lowest BCUT2D eigenvalue weighted by molar-refractivity contribution is -0.133. The van der Waals surface area contributed by atoms with E-state index in [-0.39, 0.29) is 17.4 Å². The summed E-state index contributed by atoms with van der Waals surface area (Å²) in [5, 5.41) is 0.475. The first-order valence-electron chi connectivity index (χ1n) is 9.63. The number of carbonyl (C=O) groups excluding carboxylic acids is 1. The van der Waals surface area contributed by atoms with Crippen LogP contribution in [0.3, 0.4) is 0 Å². The van der Waals surface area contributed by atoms with Gasteiger partial charge in [-0.1, -0.05) is 24.4 Å². The zero-order valence-corrected chi connectivity index (χ0v) is 18.0. The van der Waals surface area contributed by atoms with Crippen LogP contribution >= 0.6 is 11.6 Å². The van der Waals surface area contributed by atoms with E-state index < -0.39 is 10.0 Å². The summed E-state index contributed by atoms with van der Waals surface area (Å²) in [6.45, 7) is 1.56. The highest BCUT2D eigenvalue weighted by atomic mass is 35.5. The second-order valence-electron chi connectivity index (χ2n) is 7.00. The summed E-state index contributed by atoms with van der Waals surface area (Å²) in [6.07, 6.45) is 4.40. The number of carbonyl (C=O) groups is 1. The van der Waals surface area contributed by atoms with E-state index in [0.717, 1.165) is 25.9 Å². The highest BCUT2D eigenvalue weighted by Gasteiger charge is 2.21. The topological polar surface area (TPSA) is 66.9 Å². The number of likely N-dealkylation sites (tertiary alicyclic amines) is 1. The standard InChI is InChI=1S/C21H25ClN2O4S/c1-23(29(26,27)20-12-6-17(22)7-13-20)18-8-10-19(11-9-18)28-16-21(25)24-14-4-2-3-5-15-24/h6-13H,2-5,14-16H2,1H3. The van der Waals surface area contributed by atoms with E-state index in [4.69, 9.17) is 16.3 Å². The van der Waals surface area contributed by atoms with Gasteiger partial charge in [0.05, 0.1) is 10.6 Å². The summed E-state index contributed by atoms with van der Waals surface area (Å²) in [6, 6.07) is 12.7. The van der Waals surface area contributed by atoms with Gasteiger partial charge in [0, 0.05) is 25.2 Å². The maximum atomic E-state index is 12.7. The highest BCUT2D eigenvalue weighted by molar-refractivity contribution is 7.92. The molecule has 0 N–H and O–H groups in total. The van der Waals surface area contributed by atoms with E-state index >= 15 is 0 Å². The molecule has 0 atom stereocenters. The predicted octanol–water partition coefficient (Wildman–Crippen LogP) is 3.95. The Labute approximate surface area is 177 Å². The SMILES string of the molecule is CN(c1ccc(OCC(=O)N2CCCCCC2)cc1)S(=O)(=O)c1ccc(Cl)cc1. The summed E-state index contributed by atoms with van der Waals surface area (Å²) in [7, 11) is -2.20. The first kappa shape index (κ1) is 21.5. The minimum absolute atomic E-state index is 0.0154. The molecule has 0 radical (unpaired) electrons. The minimum Gasteiger partial charge on any atom is -0.484 e. The minimum atomic E-state index is -3.69. The Morgan fingerprint density at radius 1 is 1.00 bits per heavy atom. The third-order valence-electron chi connectivity index (χ3n) is 4.99. The second-order valence-corrected chi connectivity index (χ2v) is 9.41. The summed E-state index contributed by atoms with van der Waals surface area (Å²) in [5.41, 5.74) is 0.492. The van der Waals surface area contributed by atoms with Crippen molar-refractivity contribution in [1.29, 1.82) is 0 Å². The molecule has 1 aliphatic rings. The zero-order chi connectivity index (χ0) is 20.9. The lowest BCUT2D eigenvalue weighted by Crippen LogP contribution is -2.35. The Bertz CT molecular complexity index is 922. The number of ether oxygens (including phenoxy) is 1. The van der Waals surface area contributed by atoms with E-state index in [1.54, 1.807) is 36.4 Å². The van der Waals surface area contributed by atoms with E-state index in [9.17, 15) is 13.2 Å². The van der Waals surface area contributed by atoms with Crippen LogP contribution in [0, 0.1) is 0 Å². The molecule has 0 aliphatic carbocycles. The molecule has 2 aromatic carbocycles. The normalized spacial score (nSPS) is 14.9. The maximum Gasteiger partial charge on any atom is 0.264 e. The monoisotopic (exact) mass is 436 g/mol. The van der Waals surface area contributed by atoms with Crippen molar-refractivity contribution in [3.05, 3.63) is 53.6 Å². The van der Waals surface area contributed by atoms with Crippen LogP contribution in [0.5, 0.6) is 5.75 Å². The summed E-state index contributed by atoms with van der Waals surface area (Å²) < 4.78 is 32.3. The number of anilines is 1. The molecule has 29 heavy (non-hydrogen) atoms. The number of halogens is 1. The highest BCUT2D eigenvalue weighted by Crippen LogP contribution is 2.25. The fourth-order valence-electron chi connectivity index (χ4n) is 3.21. The molecule has 0 bridgehead atoms. The average molecular weight is 437 g/mol. The maximum absolute atomic E-state index is 12.7. The van der Waals surface area contributed by atoms with Gasteiger partial charge in [0.1, 0.15) is 5.75 Å². The summed E-state index contributed by atoms with van der Waals surface area (Å²) in [5.74, 6) is 0.507. The van der Waals surface area contributed by atoms with Crippen molar-refractivity contribution < 1.29 is 17.9 Å². The molecule has 1 amide bonds. The Hall–Kier alpha value is -2.25. The lowest BCUT2D eigenvalue weighted by atomic mass is 10.2. The van der Waals surface area contributed by atoms with Gasteiger partial charge in [-0.3, -0.25) is 9.10 Å². The Balaban J connectivity index is 1.61. The molecule has 3 rings (SSSR count). The number of benzene rings is 2. The number of rotatable bonds is 6. The summed E-state index contributed by atoms with van der Waals surface area (Å²) >= 11 is 5.84. The number of nitrogens with zero attached hydrogens (tertiary/aromatic N) is 2. The molecule has 8 heteroatoms. The van der Waals surface area contributed by atoms with Gasteiger partial charge < -0.3 is 9.64 Å². The first-order valence-corrected chi connectivity index (χ1v) is 11.4. The molecule has 0 unspecified atom stereocenters. The van der Waals surface area contributed by atoms with Crippen LogP contribution in [0.15, 0.2) is 53.4 Å². The van der Waals surface area contributed by atoms with Gasteiger partial charge in [-0.2, -0.15) is 0 Å². The Kier molecular flexibility index (Phi) is 7.03. The van der Waals surface area contributed by atoms with Gasteiger partial charge in [0.2, 0.25) is 0 Å². The van der Waals surface area contributed by atoms with Crippen molar-refractivity contribution in [3.8, 4) is 5.75 Å². The van der Waals surface area contributed by atoms with Crippen LogP contribution < -0.4 is 9.04 Å². The van der Waals surface area contributed by atoms with Gasteiger partial charge >= 0.3 is 0 Å². The lowest BCUT2D eigenvalue weighted by Gasteiger charge is -2.21. The number of hydrogen-bond donors (Lipinski definition) is 0. The number of hydrogen-bond acceptors (Lipinski definition) is 4. The quantitative estimate of drug-likeness (QED) is 0.687. The van der Waals surface area contributed by atoms with E-state index in [2.05, 4.69) is 0 Å². The number of sulfonamides is 1. The van der Waals surface area contributed by atoms with Gasteiger partial charge in [0.25, 0.3) is 15.9 Å². The van der Waals surface area contributed by atoms with Crippen molar-refractivity contribution in [3.63, 3.8) is 0 Å². The Morgan fingerprint density at radius 3 is 2.17 bits per heavy atom. The fourth-order valence-corrected chi connectivity index (χ4v) is 4.53. The van der Waals surface area contributed by atoms with Gasteiger partial charge in [-0.15, -0.1) is 0 Å². The van der Waals surface area contributed by atoms with Crippen molar-refractivity contribution in [2.75, 3.05) is 31.0 Å². The van der Waals surface area contributed by atoms with Crippen molar-refractivity contribution in [2.45, 2.75) is 30.6 Å². The van der Waals surface area contributed by atoms with Crippen molar-refractivity contribution >= 4 is 33.2 Å². The smallest absolute Gasteiger partial charge is 0.264 e. The Morgan fingerprint density at radius 2 is 1.59 bits per heavy atom. The van der Waals surface area contributed by atoms with E-state index in [0.29, 0.717) is 16.5 Å². The molecule has 0 saturated carbocycles. The molecular weight excluding hydrogens is 412 g/mol. The molecule has 1 aliphatic heterocycles. The molecule has 6 nitrogen and oxygen atoms in total. The molecule has 1 heterocycles. The molecule has 0 spiro atoms. The molecular formula is C21H25ClN2O4S. The van der Waals surface area contributed by atoms with Crippen LogP contribution in [0.1, 0.15) is 25.7 Å². The second kappa shape index (κ2) is 9.50. The van der Waals surface area contributed by atoms with E-state index in [1.807, 2.05) is 4.90 Å². The van der Waals surface area contributed by atoms with Crippen LogP contribution in [-0.4, -0.2) is 46.0 Å². The molecule has 0 aromatic heterocycles. The molecule has 156 valence electrons. The molecule has 1 saturated heterocycles. The third-order valence-corrected chi connectivity index (χ3v) is 7.05. The van der Waals surface area contributed by atoms with Gasteiger partial charge in [-0.05, 0) is 61.4 Å². The van der Waals surface area contributed by atoms with Crippen molar-refractivity contribution in [1.82, 2.24) is 4.90 Å². The fraction of sp³-hybridized carbons (Fsp3) is 0.381. The summed E-state index contributed by atoms with van der Waals surface area (Å²) in [4.78, 5) is 14.3.